The fourth-order valence-electron chi connectivity index (χ4n) is 2.84. The fourth-order valence-corrected chi connectivity index (χ4v) is 3.63. The molecule has 2 aromatic rings. The lowest BCUT2D eigenvalue weighted by Crippen LogP contribution is -2.42. The first-order valence-corrected chi connectivity index (χ1v) is 9.88. The zero-order valence-corrected chi connectivity index (χ0v) is 15.6. The highest BCUT2D eigenvalue weighted by molar-refractivity contribution is 7.09. The van der Waals surface area contributed by atoms with Gasteiger partial charge >= 0.3 is 0 Å². The second-order valence-corrected chi connectivity index (χ2v) is 7.14. The average molecular weight is 355 g/mol. The minimum Gasteiger partial charge on any atom is -0.357 e. The minimum atomic E-state index is 0.467. The van der Waals surface area contributed by atoms with Crippen molar-refractivity contribution in [3.05, 3.63) is 64.1 Å². The van der Waals surface area contributed by atoms with Gasteiger partial charge in [0.25, 0.3) is 0 Å². The summed E-state index contributed by atoms with van der Waals surface area (Å²) in [5.74, 6) is 0.884. The molecule has 3 rings (SSSR count). The van der Waals surface area contributed by atoms with Crippen LogP contribution in [0.25, 0.3) is 0 Å². The van der Waals surface area contributed by atoms with E-state index in [1.807, 2.05) is 0 Å². The maximum absolute atomic E-state index is 4.73. The van der Waals surface area contributed by atoms with Crippen molar-refractivity contribution in [1.82, 2.24) is 15.6 Å². The standard InChI is InChI=1S/C20H26N4S/c1-2-21-20(24-17-10-6-7-11-17)22-14-18-15-25-19(23-18)13-12-16-8-4-3-5-9-16/h3-9,15,17H,2,10-14H2,1H3,(H2,21,22,24). The number of guanidine groups is 1. The Bertz CT molecular complexity index is 697. The van der Waals surface area contributed by atoms with Crippen molar-refractivity contribution < 1.29 is 0 Å². The van der Waals surface area contributed by atoms with Gasteiger partial charge in [-0.3, -0.25) is 0 Å². The topological polar surface area (TPSA) is 49.3 Å². The van der Waals surface area contributed by atoms with E-state index in [-0.39, 0.29) is 0 Å². The first kappa shape index (κ1) is 17.7. The molecule has 0 saturated carbocycles. The lowest BCUT2D eigenvalue weighted by atomic mass is 10.1. The molecular formula is C20H26N4S. The normalized spacial score (nSPS) is 14.8. The van der Waals surface area contributed by atoms with Crippen LogP contribution in [-0.2, 0) is 19.4 Å². The molecular weight excluding hydrogens is 328 g/mol. The zero-order valence-electron chi connectivity index (χ0n) is 14.7. The SMILES string of the molecule is CCNC(=NCc1csc(CCc2ccccc2)n1)NC1CC=CC1. The predicted octanol–water partition coefficient (Wildman–Crippen LogP) is 3.70. The van der Waals surface area contributed by atoms with Gasteiger partial charge in [-0.2, -0.15) is 0 Å². The number of aliphatic imine (C=N–C) groups is 1. The van der Waals surface area contributed by atoms with Gasteiger partial charge in [-0.15, -0.1) is 11.3 Å². The second kappa shape index (κ2) is 9.37. The summed E-state index contributed by atoms with van der Waals surface area (Å²) in [6.07, 6.45) is 8.62. The summed E-state index contributed by atoms with van der Waals surface area (Å²) in [5, 5.41) is 10.1. The van der Waals surface area contributed by atoms with Gasteiger partial charge in [0, 0.05) is 24.4 Å². The lowest BCUT2D eigenvalue weighted by molar-refractivity contribution is 0.633. The summed E-state index contributed by atoms with van der Waals surface area (Å²) in [5.41, 5.74) is 2.41. The van der Waals surface area contributed by atoms with Crippen LogP contribution in [-0.4, -0.2) is 23.5 Å². The summed E-state index contributed by atoms with van der Waals surface area (Å²) in [4.78, 5) is 9.42. The summed E-state index contributed by atoms with van der Waals surface area (Å²) in [6, 6.07) is 11.0. The minimum absolute atomic E-state index is 0.467. The maximum Gasteiger partial charge on any atom is 0.191 e. The Kier molecular flexibility index (Phi) is 6.63. The zero-order chi connectivity index (χ0) is 17.3. The Balaban J connectivity index is 1.52. The van der Waals surface area contributed by atoms with Gasteiger partial charge in [0.15, 0.2) is 5.96 Å². The summed E-state index contributed by atoms with van der Waals surface area (Å²) in [7, 11) is 0. The average Bonchev–Trinajstić information content (AvgIpc) is 3.31. The van der Waals surface area contributed by atoms with Crippen molar-refractivity contribution in [2.75, 3.05) is 6.54 Å². The van der Waals surface area contributed by atoms with Crippen LogP contribution in [0.15, 0.2) is 52.9 Å². The first-order valence-electron chi connectivity index (χ1n) is 9.00. The number of nitrogens with one attached hydrogen (secondary N) is 2. The molecule has 4 nitrogen and oxygen atoms in total. The van der Waals surface area contributed by atoms with Crippen LogP contribution in [0, 0.1) is 0 Å². The molecule has 5 heteroatoms. The molecule has 132 valence electrons. The molecule has 0 spiro atoms. The molecule has 0 saturated heterocycles. The number of rotatable bonds is 7. The summed E-state index contributed by atoms with van der Waals surface area (Å²) < 4.78 is 0. The fraction of sp³-hybridized carbons (Fsp3) is 0.400. The molecule has 0 fully saturated rings. The van der Waals surface area contributed by atoms with Gasteiger partial charge in [0.2, 0.25) is 0 Å². The number of nitrogens with zero attached hydrogens (tertiary/aromatic N) is 2. The van der Waals surface area contributed by atoms with E-state index in [9.17, 15) is 0 Å². The van der Waals surface area contributed by atoms with E-state index < -0.39 is 0 Å². The number of aromatic nitrogens is 1. The van der Waals surface area contributed by atoms with E-state index in [1.165, 1.54) is 10.6 Å². The smallest absolute Gasteiger partial charge is 0.191 e. The van der Waals surface area contributed by atoms with E-state index in [0.717, 1.165) is 43.9 Å². The second-order valence-electron chi connectivity index (χ2n) is 6.20. The molecule has 0 atom stereocenters. The Hall–Kier alpha value is -2.14. The van der Waals surface area contributed by atoms with Gasteiger partial charge in [-0.1, -0.05) is 42.5 Å². The van der Waals surface area contributed by atoms with Gasteiger partial charge < -0.3 is 10.6 Å². The van der Waals surface area contributed by atoms with E-state index in [1.54, 1.807) is 11.3 Å². The highest BCUT2D eigenvalue weighted by Gasteiger charge is 2.11. The van der Waals surface area contributed by atoms with E-state index in [0.29, 0.717) is 12.6 Å². The van der Waals surface area contributed by atoms with E-state index in [4.69, 9.17) is 4.98 Å². The number of hydrogen-bond acceptors (Lipinski definition) is 3. The monoisotopic (exact) mass is 354 g/mol. The lowest BCUT2D eigenvalue weighted by Gasteiger charge is -2.16. The van der Waals surface area contributed by atoms with E-state index >= 15 is 0 Å². The highest BCUT2D eigenvalue weighted by Crippen LogP contribution is 2.14. The Morgan fingerprint density at radius 1 is 1.20 bits per heavy atom. The van der Waals surface area contributed by atoms with Crippen molar-refractivity contribution in [3.8, 4) is 0 Å². The van der Waals surface area contributed by atoms with Crippen LogP contribution in [0.2, 0.25) is 0 Å². The Morgan fingerprint density at radius 2 is 2.00 bits per heavy atom. The van der Waals surface area contributed by atoms with Gasteiger partial charge in [0.1, 0.15) is 0 Å². The number of hydrogen-bond donors (Lipinski definition) is 2. The molecule has 0 amide bonds. The third-order valence-corrected chi connectivity index (χ3v) is 5.12. The van der Waals surface area contributed by atoms with Crippen LogP contribution in [0.1, 0.15) is 36.0 Å². The van der Waals surface area contributed by atoms with Gasteiger partial charge in [-0.25, -0.2) is 9.98 Å². The third-order valence-electron chi connectivity index (χ3n) is 4.16. The van der Waals surface area contributed by atoms with Crippen molar-refractivity contribution in [3.63, 3.8) is 0 Å². The molecule has 1 aromatic heterocycles. The van der Waals surface area contributed by atoms with E-state index in [2.05, 4.69) is 70.4 Å². The first-order chi connectivity index (χ1) is 12.3. The molecule has 1 heterocycles. The third kappa shape index (κ3) is 5.71. The predicted molar refractivity (Wildman–Crippen MR) is 106 cm³/mol. The number of thiazole rings is 1. The highest BCUT2D eigenvalue weighted by atomic mass is 32.1. The van der Waals surface area contributed by atoms with Crippen LogP contribution >= 0.6 is 11.3 Å². The largest absolute Gasteiger partial charge is 0.357 e. The number of benzene rings is 1. The molecule has 1 aliphatic rings. The summed E-state index contributed by atoms with van der Waals surface area (Å²) >= 11 is 1.74. The van der Waals surface area contributed by atoms with Crippen LogP contribution in [0.3, 0.4) is 0 Å². The van der Waals surface area contributed by atoms with Crippen molar-refractivity contribution in [2.45, 2.75) is 45.2 Å². The van der Waals surface area contributed by atoms with Crippen LogP contribution in [0.4, 0.5) is 0 Å². The van der Waals surface area contributed by atoms with Crippen molar-refractivity contribution in [1.29, 1.82) is 0 Å². The summed E-state index contributed by atoms with van der Waals surface area (Å²) in [6.45, 7) is 3.58. The maximum atomic E-state index is 4.73. The van der Waals surface area contributed by atoms with Crippen LogP contribution in [0.5, 0.6) is 0 Å². The van der Waals surface area contributed by atoms with Gasteiger partial charge in [-0.05, 0) is 31.7 Å². The van der Waals surface area contributed by atoms with Crippen molar-refractivity contribution in [2.24, 2.45) is 4.99 Å². The molecule has 2 N–H and O–H groups in total. The van der Waals surface area contributed by atoms with Crippen LogP contribution < -0.4 is 10.6 Å². The Morgan fingerprint density at radius 3 is 2.76 bits per heavy atom. The molecule has 0 unspecified atom stereocenters. The Labute approximate surface area is 154 Å². The molecule has 1 aromatic carbocycles. The molecule has 25 heavy (non-hydrogen) atoms. The van der Waals surface area contributed by atoms with Crippen molar-refractivity contribution >= 4 is 17.3 Å². The molecule has 0 aliphatic heterocycles. The molecule has 1 aliphatic carbocycles. The molecule has 0 radical (unpaired) electrons. The quantitative estimate of drug-likeness (QED) is 0.453. The van der Waals surface area contributed by atoms with Gasteiger partial charge in [0.05, 0.1) is 17.2 Å². The number of aryl methyl sites for hydroxylation is 2. The molecule has 0 bridgehead atoms.